The van der Waals surface area contributed by atoms with Crippen molar-refractivity contribution in [2.24, 2.45) is 0 Å². The number of aliphatic hydroxyl groups excluding tert-OH is 1. The van der Waals surface area contributed by atoms with Crippen LogP contribution in [0.2, 0.25) is 0 Å². The number of alkyl halides is 1. The maximum absolute atomic E-state index is 13.3. The molecule has 2 aliphatic rings. The van der Waals surface area contributed by atoms with E-state index in [9.17, 15) is 9.50 Å². The molecule has 4 rings (SSSR count). The van der Waals surface area contributed by atoms with E-state index in [0.717, 1.165) is 85.7 Å². The van der Waals surface area contributed by atoms with E-state index in [1.807, 2.05) is 18.2 Å². The Bertz CT molecular complexity index is 862. The van der Waals surface area contributed by atoms with Crippen molar-refractivity contribution in [1.82, 2.24) is 9.80 Å². The molecule has 0 saturated carbocycles. The Labute approximate surface area is 203 Å². The van der Waals surface area contributed by atoms with Crippen LogP contribution in [0.25, 0.3) is 11.1 Å². The Morgan fingerprint density at radius 3 is 1.82 bits per heavy atom. The van der Waals surface area contributed by atoms with Crippen molar-refractivity contribution < 1.29 is 19.0 Å². The molecule has 0 unspecified atom stereocenters. The highest BCUT2D eigenvalue weighted by atomic mass is 19.1. The highest BCUT2D eigenvalue weighted by Crippen LogP contribution is 2.35. The van der Waals surface area contributed by atoms with Crippen LogP contribution in [0.3, 0.4) is 0 Å². The number of likely N-dealkylation sites (tertiary alicyclic amines) is 2. The zero-order valence-electron chi connectivity index (χ0n) is 20.6. The smallest absolute Gasteiger partial charge is 0.122 e. The van der Waals surface area contributed by atoms with Gasteiger partial charge in [0.15, 0.2) is 0 Å². The molecular weight excluding hydrogens is 431 g/mol. The summed E-state index contributed by atoms with van der Waals surface area (Å²) in [5.74, 6) is 1.82. The Hall–Kier alpha value is -2.15. The number of rotatable bonds is 11. The molecule has 186 valence electrons. The van der Waals surface area contributed by atoms with E-state index in [4.69, 9.17) is 9.47 Å². The van der Waals surface area contributed by atoms with E-state index in [0.29, 0.717) is 26.2 Å². The average molecular weight is 471 g/mol. The normalized spacial score (nSPS) is 21.3. The molecule has 2 aliphatic heterocycles. The van der Waals surface area contributed by atoms with Crippen molar-refractivity contribution in [2.45, 2.75) is 51.8 Å². The van der Waals surface area contributed by atoms with Crippen molar-refractivity contribution in [3.63, 3.8) is 0 Å². The van der Waals surface area contributed by atoms with Crippen LogP contribution in [-0.2, 0) is 0 Å². The number of hydrogen-bond donors (Lipinski definition) is 1. The molecule has 0 radical (unpaired) electrons. The third kappa shape index (κ3) is 6.49. The number of aliphatic hydroxyl groups is 1. The zero-order chi connectivity index (χ0) is 23.9. The van der Waals surface area contributed by atoms with Gasteiger partial charge in [-0.15, -0.1) is 0 Å². The van der Waals surface area contributed by atoms with Crippen LogP contribution in [-0.4, -0.2) is 79.7 Å². The minimum Gasteiger partial charge on any atom is -0.493 e. The average Bonchev–Trinajstić information content (AvgIpc) is 3.44. The summed E-state index contributed by atoms with van der Waals surface area (Å²) >= 11 is 0. The van der Waals surface area contributed by atoms with E-state index in [1.165, 1.54) is 0 Å². The monoisotopic (exact) mass is 470 g/mol. The summed E-state index contributed by atoms with van der Waals surface area (Å²) in [6.07, 6.45) is 2.55. The molecule has 2 saturated heterocycles. The van der Waals surface area contributed by atoms with Crippen LogP contribution in [0, 0.1) is 13.8 Å². The summed E-state index contributed by atoms with van der Waals surface area (Å²) < 4.78 is 25.6. The van der Waals surface area contributed by atoms with E-state index < -0.39 is 6.17 Å². The molecule has 0 bridgehead atoms. The first-order chi connectivity index (χ1) is 16.5. The van der Waals surface area contributed by atoms with Gasteiger partial charge in [-0.25, -0.2) is 4.39 Å². The van der Waals surface area contributed by atoms with Gasteiger partial charge in [-0.05, 0) is 73.9 Å². The molecule has 2 heterocycles. The number of β-amino-alcohol motifs (C(OH)–C–C–N with tert-alkyl or cyclic N) is 1. The molecule has 6 heteroatoms. The van der Waals surface area contributed by atoms with E-state index in [2.05, 4.69) is 41.8 Å². The molecule has 2 fully saturated rings. The van der Waals surface area contributed by atoms with Gasteiger partial charge in [0, 0.05) is 39.3 Å². The first-order valence-corrected chi connectivity index (χ1v) is 12.7. The lowest BCUT2D eigenvalue weighted by Gasteiger charge is -2.18. The Kier molecular flexibility index (Phi) is 8.81. The fraction of sp³-hybridized carbons (Fsp3) is 0.571. The number of ether oxygens (including phenoxy) is 2. The van der Waals surface area contributed by atoms with Crippen molar-refractivity contribution in [3.05, 3.63) is 47.5 Å². The van der Waals surface area contributed by atoms with Gasteiger partial charge in [-0.1, -0.05) is 24.3 Å². The summed E-state index contributed by atoms with van der Waals surface area (Å²) in [6, 6.07) is 12.4. The summed E-state index contributed by atoms with van der Waals surface area (Å²) in [6.45, 7) is 10.5. The van der Waals surface area contributed by atoms with Gasteiger partial charge < -0.3 is 24.4 Å². The Balaban J connectivity index is 1.32. The van der Waals surface area contributed by atoms with Gasteiger partial charge in [-0.2, -0.15) is 0 Å². The van der Waals surface area contributed by atoms with E-state index >= 15 is 0 Å². The molecular formula is C28H39FN2O3. The van der Waals surface area contributed by atoms with Crippen molar-refractivity contribution >= 4 is 0 Å². The maximum Gasteiger partial charge on any atom is 0.122 e. The number of benzene rings is 2. The molecule has 0 aromatic heterocycles. The highest BCUT2D eigenvalue weighted by molar-refractivity contribution is 5.74. The predicted molar refractivity (Wildman–Crippen MR) is 135 cm³/mol. The molecule has 0 spiro atoms. The van der Waals surface area contributed by atoms with Crippen LogP contribution in [0.5, 0.6) is 11.5 Å². The first kappa shape index (κ1) is 25.0. The van der Waals surface area contributed by atoms with Gasteiger partial charge in [0.05, 0.1) is 19.3 Å². The second-order valence-electron chi connectivity index (χ2n) is 9.69. The SMILES string of the molecule is Cc1c(OCCCN2CC[C@@H](O)C2)cccc1-c1cccc(OCCCN2CC[C@@H](F)C2)c1C. The van der Waals surface area contributed by atoms with Gasteiger partial charge in [-0.3, -0.25) is 0 Å². The van der Waals surface area contributed by atoms with Crippen LogP contribution in [0.15, 0.2) is 36.4 Å². The molecule has 2 aromatic carbocycles. The highest BCUT2D eigenvalue weighted by Gasteiger charge is 2.21. The van der Waals surface area contributed by atoms with Gasteiger partial charge >= 0.3 is 0 Å². The lowest BCUT2D eigenvalue weighted by atomic mass is 9.95. The van der Waals surface area contributed by atoms with Crippen LogP contribution in [0.1, 0.15) is 36.8 Å². The molecule has 1 N–H and O–H groups in total. The number of halogens is 1. The van der Waals surface area contributed by atoms with Crippen molar-refractivity contribution in [2.75, 3.05) is 52.5 Å². The zero-order valence-corrected chi connectivity index (χ0v) is 20.6. The first-order valence-electron chi connectivity index (χ1n) is 12.7. The molecule has 2 atom stereocenters. The number of nitrogens with zero attached hydrogens (tertiary/aromatic N) is 2. The van der Waals surface area contributed by atoms with Crippen LogP contribution in [0.4, 0.5) is 4.39 Å². The molecule has 5 nitrogen and oxygen atoms in total. The fourth-order valence-corrected chi connectivity index (χ4v) is 5.07. The largest absolute Gasteiger partial charge is 0.493 e. The summed E-state index contributed by atoms with van der Waals surface area (Å²) in [7, 11) is 0. The topological polar surface area (TPSA) is 45.2 Å². The Morgan fingerprint density at radius 1 is 0.824 bits per heavy atom. The molecule has 34 heavy (non-hydrogen) atoms. The summed E-state index contributed by atoms with van der Waals surface area (Å²) in [5, 5.41) is 9.67. The summed E-state index contributed by atoms with van der Waals surface area (Å²) in [5.41, 5.74) is 4.58. The maximum atomic E-state index is 13.3. The standard InChI is InChI=1S/C28H39FN2O3/c1-21-25(7-3-9-27(21)33-17-5-13-30-15-11-23(29)19-30)26-8-4-10-28(22(26)2)34-18-6-14-31-16-12-24(32)20-31/h3-4,7-10,23-24,32H,5-6,11-20H2,1-2H3/t23-,24-/m1/s1. The van der Waals surface area contributed by atoms with Gasteiger partial charge in [0.25, 0.3) is 0 Å². The second-order valence-corrected chi connectivity index (χ2v) is 9.69. The van der Waals surface area contributed by atoms with E-state index in [-0.39, 0.29) is 6.10 Å². The van der Waals surface area contributed by atoms with Crippen molar-refractivity contribution in [1.29, 1.82) is 0 Å². The van der Waals surface area contributed by atoms with Crippen LogP contribution >= 0.6 is 0 Å². The summed E-state index contributed by atoms with van der Waals surface area (Å²) in [4.78, 5) is 4.48. The minimum atomic E-state index is -0.665. The molecule has 0 aliphatic carbocycles. The third-order valence-corrected chi connectivity index (χ3v) is 7.07. The minimum absolute atomic E-state index is 0.169. The van der Waals surface area contributed by atoms with Crippen molar-refractivity contribution in [3.8, 4) is 22.6 Å². The lowest BCUT2D eigenvalue weighted by molar-refractivity contribution is 0.173. The van der Waals surface area contributed by atoms with Gasteiger partial charge in [0.2, 0.25) is 0 Å². The molecule has 2 aromatic rings. The van der Waals surface area contributed by atoms with Gasteiger partial charge in [0.1, 0.15) is 17.7 Å². The quantitative estimate of drug-likeness (QED) is 0.486. The third-order valence-electron chi connectivity index (χ3n) is 7.07. The van der Waals surface area contributed by atoms with Crippen LogP contribution < -0.4 is 9.47 Å². The second kappa shape index (κ2) is 12.0. The molecule has 0 amide bonds. The van der Waals surface area contributed by atoms with E-state index in [1.54, 1.807) is 0 Å². The fourth-order valence-electron chi connectivity index (χ4n) is 5.07. The predicted octanol–water partition coefficient (Wildman–Crippen LogP) is 4.62. The number of hydrogen-bond acceptors (Lipinski definition) is 5. The Morgan fingerprint density at radius 2 is 1.35 bits per heavy atom. The lowest BCUT2D eigenvalue weighted by Crippen LogP contribution is -2.24.